The molecule has 0 atom stereocenters. The number of benzene rings is 1. The molecule has 4 rings (SSSR count). The fourth-order valence-electron chi connectivity index (χ4n) is 4.35. The minimum Gasteiger partial charge on any atom is -0.443 e. The van der Waals surface area contributed by atoms with Gasteiger partial charge in [0.15, 0.2) is 27.1 Å². The Bertz CT molecular complexity index is 1920. The smallest absolute Gasteiger partial charge is 0.425 e. The van der Waals surface area contributed by atoms with Gasteiger partial charge in [-0.2, -0.15) is 4.90 Å². The zero-order valence-electron chi connectivity index (χ0n) is 28.6. The fraction of sp³-hybridized carbons (Fsp3) is 0.353. The fourth-order valence-corrected chi connectivity index (χ4v) is 5.41. The summed E-state index contributed by atoms with van der Waals surface area (Å²) in [6.07, 6.45) is 6.58. The second kappa shape index (κ2) is 14.0. The molecule has 1 aromatic carbocycles. The van der Waals surface area contributed by atoms with Crippen molar-refractivity contribution in [3.63, 3.8) is 0 Å². The Morgan fingerprint density at radius 1 is 0.980 bits per heavy atom. The molecule has 260 valence electrons. The predicted octanol–water partition coefficient (Wildman–Crippen LogP) is 6.55. The van der Waals surface area contributed by atoms with Crippen LogP contribution in [0.15, 0.2) is 75.9 Å². The highest BCUT2D eigenvalue weighted by Crippen LogP contribution is 2.35. The van der Waals surface area contributed by atoms with Crippen LogP contribution >= 0.6 is 0 Å². The van der Waals surface area contributed by atoms with Crippen LogP contribution in [0.25, 0.3) is 28.3 Å². The summed E-state index contributed by atoms with van der Waals surface area (Å²) < 4.78 is 42.2. The average Bonchev–Trinajstić information content (AvgIpc) is 3.49. The van der Waals surface area contributed by atoms with Crippen molar-refractivity contribution in [3.05, 3.63) is 72.2 Å². The van der Waals surface area contributed by atoms with Crippen LogP contribution in [-0.2, 0) is 19.3 Å². The highest BCUT2D eigenvalue weighted by molar-refractivity contribution is 7.92. The first-order valence-electron chi connectivity index (χ1n) is 15.3. The molecule has 1 aliphatic rings. The van der Waals surface area contributed by atoms with E-state index in [-0.39, 0.29) is 27.9 Å². The minimum atomic E-state index is -3.52. The number of primary amides is 1. The summed E-state index contributed by atoms with van der Waals surface area (Å²) in [6.45, 7) is 13.1. The van der Waals surface area contributed by atoms with Crippen LogP contribution in [0, 0.1) is 0 Å². The molecular formula is C34H40N6O8S. The molecule has 0 bridgehead atoms. The molecule has 0 saturated carbocycles. The minimum absolute atomic E-state index is 0.0431. The monoisotopic (exact) mass is 692 g/mol. The number of imide groups is 1. The molecule has 0 aliphatic heterocycles. The molecule has 49 heavy (non-hydrogen) atoms. The summed E-state index contributed by atoms with van der Waals surface area (Å²) in [5.41, 5.74) is 5.82. The molecule has 1 aliphatic carbocycles. The molecule has 2 aromatic heterocycles. The first-order valence-corrected chi connectivity index (χ1v) is 16.9. The standard InChI is InChI=1S/C34H40N6O8S/c1-20(2)49(44,45)24-15-13-23(14-16-24)26-19-36-29(40(31(42)46-33(3,4)5)32(43)47-34(6,7)8)28(38-26)27-17-25(39-48-27)22-11-9-21(10-12-22)18-37-30(35)41/h9,11-20H,10H2,1-8H3,(H3,35,37,41). The second-order valence-corrected chi connectivity index (χ2v) is 15.8. The van der Waals surface area contributed by atoms with Crippen molar-refractivity contribution in [2.75, 3.05) is 4.90 Å². The lowest BCUT2D eigenvalue weighted by atomic mass is 10.0. The number of nitrogens with two attached hydrogens (primary N) is 1. The number of nitrogens with zero attached hydrogens (tertiary/aromatic N) is 4. The third kappa shape index (κ3) is 9.19. The summed E-state index contributed by atoms with van der Waals surface area (Å²) in [6, 6.07) is 7.02. The molecule has 3 aromatic rings. The van der Waals surface area contributed by atoms with E-state index < -0.39 is 44.5 Å². The summed E-state index contributed by atoms with van der Waals surface area (Å²) in [4.78, 5) is 48.2. The molecule has 0 unspecified atom stereocenters. The van der Waals surface area contributed by atoms with Crippen LogP contribution in [0.3, 0.4) is 0 Å². The van der Waals surface area contributed by atoms with Crippen LogP contribution in [0.1, 0.15) is 67.5 Å². The van der Waals surface area contributed by atoms with E-state index >= 15 is 0 Å². The molecule has 0 radical (unpaired) electrons. The van der Waals surface area contributed by atoms with E-state index in [0.717, 1.165) is 5.57 Å². The van der Waals surface area contributed by atoms with Gasteiger partial charge in [-0.1, -0.05) is 35.5 Å². The molecule has 0 fully saturated rings. The number of urea groups is 1. The Morgan fingerprint density at radius 2 is 1.59 bits per heavy atom. The number of anilines is 1. The highest BCUT2D eigenvalue weighted by atomic mass is 32.2. The molecule has 2 heterocycles. The largest absolute Gasteiger partial charge is 0.443 e. The van der Waals surface area contributed by atoms with E-state index in [9.17, 15) is 22.8 Å². The van der Waals surface area contributed by atoms with E-state index in [2.05, 4.69) is 15.5 Å². The van der Waals surface area contributed by atoms with E-state index in [1.807, 2.05) is 6.08 Å². The number of nitrogens with one attached hydrogen (secondary N) is 1. The third-order valence-electron chi connectivity index (χ3n) is 6.69. The Morgan fingerprint density at radius 3 is 2.10 bits per heavy atom. The highest BCUT2D eigenvalue weighted by Gasteiger charge is 2.37. The van der Waals surface area contributed by atoms with Crippen LogP contribution in [0.5, 0.6) is 0 Å². The van der Waals surface area contributed by atoms with Crippen LogP contribution in [0.2, 0.25) is 0 Å². The third-order valence-corrected chi connectivity index (χ3v) is 8.86. The number of carbonyl (C=O) groups excluding carboxylic acids is 3. The summed E-state index contributed by atoms with van der Waals surface area (Å²) in [7, 11) is -3.52. The molecule has 0 saturated heterocycles. The molecule has 14 nitrogen and oxygen atoms in total. The summed E-state index contributed by atoms with van der Waals surface area (Å²) in [5.74, 6) is -0.189. The Labute approximate surface area is 285 Å². The maximum Gasteiger partial charge on any atom is 0.425 e. The lowest BCUT2D eigenvalue weighted by Crippen LogP contribution is -2.44. The molecular weight excluding hydrogens is 652 g/mol. The number of allylic oxidation sites excluding steroid dienone is 5. The predicted molar refractivity (Wildman–Crippen MR) is 183 cm³/mol. The number of carbonyl (C=O) groups is 3. The van der Waals surface area contributed by atoms with Gasteiger partial charge in [0.1, 0.15) is 16.9 Å². The SMILES string of the molecule is CC(C)S(=O)(=O)c1ccc(-c2cnc(N(C(=O)OC(C)(C)C)C(=O)OC(C)(C)C)c(-c3cc(C4=CCC(=CNC(N)=O)C=C4)no3)n2)cc1. The molecule has 0 spiro atoms. The van der Waals surface area contributed by atoms with E-state index in [0.29, 0.717) is 28.2 Å². The van der Waals surface area contributed by atoms with Crippen LogP contribution in [0.4, 0.5) is 20.2 Å². The maximum absolute atomic E-state index is 13.6. The number of hydrogen-bond donors (Lipinski definition) is 2. The number of aromatic nitrogens is 3. The van der Waals surface area contributed by atoms with Crippen molar-refractivity contribution in [2.45, 2.75) is 83.2 Å². The van der Waals surface area contributed by atoms with Crippen molar-refractivity contribution >= 4 is 39.4 Å². The molecule has 3 N–H and O–H groups in total. The molecule has 15 heteroatoms. The van der Waals surface area contributed by atoms with Crippen molar-refractivity contribution in [1.29, 1.82) is 0 Å². The normalized spacial score (nSPS) is 14.4. The van der Waals surface area contributed by atoms with Crippen LogP contribution < -0.4 is 16.0 Å². The number of sulfone groups is 1. The Balaban J connectivity index is 1.84. The van der Waals surface area contributed by atoms with Gasteiger partial charge in [0, 0.05) is 23.4 Å². The first kappa shape index (κ1) is 36.5. The van der Waals surface area contributed by atoms with Crippen molar-refractivity contribution in [1.82, 2.24) is 20.4 Å². The van der Waals surface area contributed by atoms with Gasteiger partial charge < -0.3 is 25.0 Å². The lowest BCUT2D eigenvalue weighted by Gasteiger charge is -2.28. The number of amides is 4. The Hall–Kier alpha value is -5.31. The van der Waals surface area contributed by atoms with Crippen molar-refractivity contribution < 1.29 is 36.8 Å². The lowest BCUT2D eigenvalue weighted by molar-refractivity contribution is 0.0429. The first-order chi connectivity index (χ1) is 22.7. The van der Waals surface area contributed by atoms with Gasteiger partial charge in [0.05, 0.1) is 22.0 Å². The molecule has 4 amide bonds. The van der Waals surface area contributed by atoms with Gasteiger partial charge in [-0.05, 0) is 79.5 Å². The average molecular weight is 693 g/mol. The second-order valence-electron chi connectivity index (χ2n) is 13.3. The van der Waals surface area contributed by atoms with Crippen molar-refractivity contribution in [3.8, 4) is 22.7 Å². The van der Waals surface area contributed by atoms with Gasteiger partial charge in [-0.3, -0.25) is 0 Å². The quantitative estimate of drug-likeness (QED) is 0.272. The van der Waals surface area contributed by atoms with E-state index in [1.54, 1.807) is 85.7 Å². The zero-order valence-corrected chi connectivity index (χ0v) is 29.4. The van der Waals surface area contributed by atoms with Crippen LogP contribution in [-0.4, -0.2) is 58.2 Å². The van der Waals surface area contributed by atoms with Gasteiger partial charge in [-0.15, -0.1) is 0 Å². The van der Waals surface area contributed by atoms with Gasteiger partial charge in [0.2, 0.25) is 0 Å². The van der Waals surface area contributed by atoms with E-state index in [4.69, 9.17) is 24.7 Å². The van der Waals surface area contributed by atoms with Gasteiger partial charge >= 0.3 is 18.2 Å². The van der Waals surface area contributed by atoms with Crippen molar-refractivity contribution in [2.24, 2.45) is 5.73 Å². The maximum atomic E-state index is 13.6. The number of ether oxygens (including phenoxy) is 2. The zero-order chi connectivity index (χ0) is 36.3. The van der Waals surface area contributed by atoms with E-state index in [1.165, 1.54) is 24.5 Å². The Kier molecular flexibility index (Phi) is 10.5. The summed E-state index contributed by atoms with van der Waals surface area (Å²) in [5, 5.41) is 6.01. The van der Waals surface area contributed by atoms with Gasteiger partial charge in [0.25, 0.3) is 0 Å². The summed E-state index contributed by atoms with van der Waals surface area (Å²) >= 11 is 0. The number of hydrogen-bond acceptors (Lipinski definition) is 11. The number of rotatable bonds is 7. The van der Waals surface area contributed by atoms with Gasteiger partial charge in [-0.25, -0.2) is 32.8 Å². The topological polar surface area (TPSA) is 197 Å².